The molecule has 0 rings (SSSR count). The van der Waals surface area contributed by atoms with Crippen LogP contribution in [-0.2, 0) is 4.79 Å². The van der Waals surface area contributed by atoms with Gasteiger partial charge in [-0.05, 0) is 0 Å². The maximum absolute atomic E-state index is 11.2. The van der Waals surface area contributed by atoms with E-state index >= 15 is 0 Å². The van der Waals surface area contributed by atoms with Gasteiger partial charge in [0.15, 0.2) is 0 Å². The average Bonchev–Trinajstić information content (AvgIpc) is 1.67. The fourth-order valence-corrected chi connectivity index (χ4v) is 0.0823. The molecule has 0 fully saturated rings. The molecule has 0 amide bonds. The first-order chi connectivity index (χ1) is 3.68. The third-order valence-electron chi connectivity index (χ3n) is 0.300. The van der Waals surface area contributed by atoms with E-state index < -0.39 is 12.0 Å². The standard InChI is InChI=1S/C3F3NO/c4-2(5)3(6)7-1-8. The maximum atomic E-state index is 11.2. The molecule has 0 saturated heterocycles. The van der Waals surface area contributed by atoms with Gasteiger partial charge in [-0.25, -0.2) is 4.79 Å². The molecule has 5 heteroatoms. The predicted octanol–water partition coefficient (Wildman–Crippen LogP) is 1.36. The molecule has 0 aromatic rings. The minimum absolute atomic E-state index is 0.611. The normalized spacial score (nSPS) is 7.38. The van der Waals surface area contributed by atoms with Gasteiger partial charge in [-0.3, -0.25) is 0 Å². The zero-order valence-corrected chi connectivity index (χ0v) is 3.49. The van der Waals surface area contributed by atoms with E-state index in [2.05, 4.69) is 0 Å². The summed E-state index contributed by atoms with van der Waals surface area (Å²) < 4.78 is 32.9. The van der Waals surface area contributed by atoms with Crippen LogP contribution in [0.1, 0.15) is 0 Å². The van der Waals surface area contributed by atoms with Crippen molar-refractivity contribution in [1.82, 2.24) is 0 Å². The molecule has 0 heterocycles. The second-order valence-corrected chi connectivity index (χ2v) is 0.754. The van der Waals surface area contributed by atoms with Gasteiger partial charge in [-0.1, -0.05) is 0 Å². The number of isocyanates is 1. The molecule has 0 radical (unpaired) electrons. The molecule has 0 aromatic carbocycles. The molecule has 0 aliphatic heterocycles. The van der Waals surface area contributed by atoms with Crippen molar-refractivity contribution in [1.29, 1.82) is 0 Å². The van der Waals surface area contributed by atoms with Gasteiger partial charge in [0.25, 0.3) is 5.95 Å². The minimum atomic E-state index is -2.62. The zero-order chi connectivity index (χ0) is 6.57. The zero-order valence-electron chi connectivity index (χ0n) is 3.49. The highest BCUT2D eigenvalue weighted by atomic mass is 19.3. The molecule has 0 aliphatic carbocycles. The maximum Gasteiger partial charge on any atom is 0.325 e. The smallest absolute Gasteiger partial charge is 0.211 e. The van der Waals surface area contributed by atoms with Crippen molar-refractivity contribution in [3.63, 3.8) is 0 Å². The molecule has 0 saturated carbocycles. The number of carbonyl (C=O) groups excluding carboxylic acids is 1. The lowest BCUT2D eigenvalue weighted by atomic mass is 10.9. The molecule has 0 aromatic heterocycles. The first-order valence-corrected chi connectivity index (χ1v) is 1.47. The molecular weight excluding hydrogens is 123 g/mol. The Kier molecular flexibility index (Phi) is 2.58. The van der Waals surface area contributed by atoms with E-state index in [9.17, 15) is 13.2 Å². The topological polar surface area (TPSA) is 29.4 Å². The summed E-state index contributed by atoms with van der Waals surface area (Å²) >= 11 is 0. The summed E-state index contributed by atoms with van der Waals surface area (Å²) in [4.78, 5) is 11.0. The highest BCUT2D eigenvalue weighted by Crippen LogP contribution is 2.08. The Morgan fingerprint density at radius 1 is 1.38 bits per heavy atom. The van der Waals surface area contributed by atoms with Crippen molar-refractivity contribution >= 4 is 6.08 Å². The molecule has 0 bridgehead atoms. The number of aliphatic imine (C=N–C) groups is 1. The molecule has 44 valence electrons. The number of hydrogen-bond acceptors (Lipinski definition) is 2. The number of rotatable bonds is 1. The van der Waals surface area contributed by atoms with Crippen molar-refractivity contribution in [3.8, 4) is 0 Å². The third kappa shape index (κ3) is 2.15. The second kappa shape index (κ2) is 2.98. The van der Waals surface area contributed by atoms with Crippen LogP contribution in [0.5, 0.6) is 0 Å². The predicted molar refractivity (Wildman–Crippen MR) is 18.5 cm³/mol. The summed E-state index contributed by atoms with van der Waals surface area (Å²) in [5.41, 5.74) is 0. The van der Waals surface area contributed by atoms with Gasteiger partial charge in [0, 0.05) is 0 Å². The Morgan fingerprint density at radius 3 is 2.00 bits per heavy atom. The third-order valence-corrected chi connectivity index (χ3v) is 0.300. The summed E-state index contributed by atoms with van der Waals surface area (Å²) in [6.07, 6.45) is -2.01. The van der Waals surface area contributed by atoms with Gasteiger partial charge >= 0.3 is 6.08 Å². The van der Waals surface area contributed by atoms with Gasteiger partial charge in [0.2, 0.25) is 6.08 Å². The van der Waals surface area contributed by atoms with E-state index in [1.54, 1.807) is 0 Å². The lowest BCUT2D eigenvalue weighted by Gasteiger charge is -1.74. The van der Waals surface area contributed by atoms with Gasteiger partial charge in [-0.15, -0.1) is 4.99 Å². The average molecular weight is 123 g/mol. The summed E-state index contributed by atoms with van der Waals surface area (Å²) in [5, 5.41) is 0. The first kappa shape index (κ1) is 6.91. The lowest BCUT2D eigenvalue weighted by molar-refractivity contribution is 0.377. The molecule has 0 spiro atoms. The van der Waals surface area contributed by atoms with Gasteiger partial charge in [-0.2, -0.15) is 13.2 Å². The van der Waals surface area contributed by atoms with Crippen LogP contribution in [0.2, 0.25) is 0 Å². The number of halogens is 3. The Labute approximate surface area is 42.3 Å². The summed E-state index contributed by atoms with van der Waals surface area (Å²) in [7, 11) is 0. The molecule has 0 atom stereocenters. The van der Waals surface area contributed by atoms with Crippen molar-refractivity contribution in [2.24, 2.45) is 4.99 Å². The molecule has 0 N–H and O–H groups in total. The van der Waals surface area contributed by atoms with Crippen LogP contribution in [0.15, 0.2) is 17.0 Å². The number of nitrogens with zero attached hydrogens (tertiary/aromatic N) is 1. The monoisotopic (exact) mass is 123 g/mol. The van der Waals surface area contributed by atoms with E-state index in [1.807, 2.05) is 4.99 Å². The Balaban J connectivity index is 4.22. The Bertz CT molecular complexity index is 154. The van der Waals surface area contributed by atoms with E-state index in [0.717, 1.165) is 0 Å². The summed E-state index contributed by atoms with van der Waals surface area (Å²) in [5.74, 6) is -2.08. The minimum Gasteiger partial charge on any atom is -0.211 e. The van der Waals surface area contributed by atoms with Crippen LogP contribution in [0.4, 0.5) is 13.2 Å². The fourth-order valence-electron chi connectivity index (χ4n) is 0.0823. The van der Waals surface area contributed by atoms with Crippen LogP contribution >= 0.6 is 0 Å². The van der Waals surface area contributed by atoms with Crippen LogP contribution in [0.25, 0.3) is 0 Å². The molecule has 2 nitrogen and oxygen atoms in total. The summed E-state index contributed by atoms with van der Waals surface area (Å²) in [6, 6.07) is 0. The van der Waals surface area contributed by atoms with Crippen molar-refractivity contribution < 1.29 is 18.0 Å². The van der Waals surface area contributed by atoms with E-state index in [0.29, 0.717) is 6.08 Å². The SMILES string of the molecule is O=C=NC(F)=C(F)F. The quantitative estimate of drug-likeness (QED) is 0.294. The molecule has 0 unspecified atom stereocenters. The van der Waals surface area contributed by atoms with Gasteiger partial charge in [0.1, 0.15) is 0 Å². The highest BCUT2D eigenvalue weighted by molar-refractivity contribution is 5.35. The van der Waals surface area contributed by atoms with E-state index in [1.165, 1.54) is 0 Å². The Morgan fingerprint density at radius 2 is 1.88 bits per heavy atom. The van der Waals surface area contributed by atoms with Crippen molar-refractivity contribution in [2.45, 2.75) is 0 Å². The van der Waals surface area contributed by atoms with E-state index in [4.69, 9.17) is 4.79 Å². The highest BCUT2D eigenvalue weighted by Gasteiger charge is 1.99. The van der Waals surface area contributed by atoms with Gasteiger partial charge < -0.3 is 0 Å². The van der Waals surface area contributed by atoms with Crippen molar-refractivity contribution in [3.05, 3.63) is 12.0 Å². The number of hydrogen-bond donors (Lipinski definition) is 0. The van der Waals surface area contributed by atoms with Crippen LogP contribution in [0, 0.1) is 0 Å². The molecule has 0 aliphatic rings. The molecule has 8 heavy (non-hydrogen) atoms. The molecular formula is C3F3NO. The second-order valence-electron chi connectivity index (χ2n) is 0.754. The lowest BCUT2D eigenvalue weighted by Crippen LogP contribution is -1.65. The first-order valence-electron chi connectivity index (χ1n) is 1.47. The Hall–Kier alpha value is -1.09. The van der Waals surface area contributed by atoms with Gasteiger partial charge in [0.05, 0.1) is 0 Å². The summed E-state index contributed by atoms with van der Waals surface area (Å²) in [6.45, 7) is 0. The van der Waals surface area contributed by atoms with E-state index in [-0.39, 0.29) is 0 Å². The van der Waals surface area contributed by atoms with Crippen LogP contribution in [-0.4, -0.2) is 6.08 Å². The van der Waals surface area contributed by atoms with Crippen LogP contribution in [0.3, 0.4) is 0 Å². The van der Waals surface area contributed by atoms with Crippen LogP contribution < -0.4 is 0 Å². The van der Waals surface area contributed by atoms with Crippen molar-refractivity contribution in [2.75, 3.05) is 0 Å². The fraction of sp³-hybridized carbons (Fsp3) is 0. The largest absolute Gasteiger partial charge is 0.325 e.